The van der Waals surface area contributed by atoms with Crippen molar-refractivity contribution in [2.75, 3.05) is 18.1 Å². The van der Waals surface area contributed by atoms with Crippen molar-refractivity contribution in [3.63, 3.8) is 0 Å². The number of thioether (sulfide) groups is 1. The second-order valence-corrected chi connectivity index (χ2v) is 5.10. The fourth-order valence-corrected chi connectivity index (χ4v) is 2.17. The zero-order chi connectivity index (χ0) is 11.8. The third-order valence-corrected chi connectivity index (χ3v) is 3.44. The van der Waals surface area contributed by atoms with Crippen LogP contribution in [-0.2, 0) is 0 Å². The fraction of sp³-hybridized carbons (Fsp3) is 0.429. The zero-order valence-corrected chi connectivity index (χ0v) is 11.0. The SMILES string of the molecule is C=CCSCCNC(C)c1cccc(C)c1. The molecule has 0 heterocycles. The van der Waals surface area contributed by atoms with E-state index in [1.807, 2.05) is 17.8 Å². The fourth-order valence-electron chi connectivity index (χ4n) is 1.57. The van der Waals surface area contributed by atoms with Crippen molar-refractivity contribution in [3.05, 3.63) is 48.0 Å². The normalized spacial score (nSPS) is 12.4. The minimum atomic E-state index is 0.434. The highest BCUT2D eigenvalue weighted by atomic mass is 32.2. The Labute approximate surface area is 103 Å². The van der Waals surface area contributed by atoms with E-state index in [1.165, 1.54) is 11.1 Å². The molecule has 1 nitrogen and oxygen atoms in total. The first-order chi connectivity index (χ1) is 7.74. The molecule has 0 bridgehead atoms. The molecule has 1 aromatic carbocycles. The molecule has 1 unspecified atom stereocenters. The Bertz CT molecular complexity index is 322. The van der Waals surface area contributed by atoms with E-state index in [9.17, 15) is 0 Å². The molecule has 0 saturated carbocycles. The van der Waals surface area contributed by atoms with Gasteiger partial charge in [-0.05, 0) is 19.4 Å². The summed E-state index contributed by atoms with van der Waals surface area (Å²) in [5.74, 6) is 2.18. The van der Waals surface area contributed by atoms with Gasteiger partial charge in [-0.25, -0.2) is 0 Å². The van der Waals surface area contributed by atoms with Crippen molar-refractivity contribution in [1.82, 2.24) is 5.32 Å². The predicted octanol–water partition coefficient (Wildman–Crippen LogP) is 3.56. The molecule has 0 fully saturated rings. The van der Waals surface area contributed by atoms with Gasteiger partial charge in [-0.1, -0.05) is 35.9 Å². The van der Waals surface area contributed by atoms with Crippen LogP contribution in [0.2, 0.25) is 0 Å². The topological polar surface area (TPSA) is 12.0 Å². The van der Waals surface area contributed by atoms with E-state index in [2.05, 4.69) is 50.0 Å². The molecule has 0 saturated heterocycles. The Morgan fingerprint density at radius 1 is 1.50 bits per heavy atom. The van der Waals surface area contributed by atoms with E-state index in [-0.39, 0.29) is 0 Å². The van der Waals surface area contributed by atoms with Gasteiger partial charge in [-0.15, -0.1) is 6.58 Å². The Balaban J connectivity index is 2.29. The highest BCUT2D eigenvalue weighted by Gasteiger charge is 2.03. The summed E-state index contributed by atoms with van der Waals surface area (Å²) in [6.45, 7) is 9.11. The average Bonchev–Trinajstić information content (AvgIpc) is 2.28. The summed E-state index contributed by atoms with van der Waals surface area (Å²) in [6.07, 6.45) is 1.95. The van der Waals surface area contributed by atoms with Gasteiger partial charge in [0.25, 0.3) is 0 Å². The second kappa shape index (κ2) is 7.53. The lowest BCUT2D eigenvalue weighted by molar-refractivity contribution is 0.601. The lowest BCUT2D eigenvalue weighted by Gasteiger charge is -2.14. The molecule has 0 aliphatic carbocycles. The third-order valence-electron chi connectivity index (χ3n) is 2.47. The molecule has 88 valence electrons. The molecule has 16 heavy (non-hydrogen) atoms. The van der Waals surface area contributed by atoms with Crippen LogP contribution in [0.25, 0.3) is 0 Å². The summed E-state index contributed by atoms with van der Waals surface area (Å²) in [7, 11) is 0. The van der Waals surface area contributed by atoms with Crippen LogP contribution in [0.4, 0.5) is 0 Å². The highest BCUT2D eigenvalue weighted by Crippen LogP contribution is 2.13. The third kappa shape index (κ3) is 4.86. The largest absolute Gasteiger partial charge is 0.309 e. The summed E-state index contributed by atoms with van der Waals surface area (Å²) in [5, 5.41) is 3.53. The molecule has 0 aliphatic rings. The van der Waals surface area contributed by atoms with Crippen LogP contribution in [0.1, 0.15) is 24.1 Å². The molecule has 0 aromatic heterocycles. The molecular weight excluding hydrogens is 214 g/mol. The molecule has 2 heteroatoms. The Hall–Kier alpha value is -0.730. The number of aryl methyl sites for hydroxylation is 1. The quantitative estimate of drug-likeness (QED) is 0.573. The van der Waals surface area contributed by atoms with E-state index in [0.29, 0.717) is 6.04 Å². The second-order valence-electron chi connectivity index (χ2n) is 3.95. The summed E-state index contributed by atoms with van der Waals surface area (Å²) in [6, 6.07) is 9.12. The molecule has 0 radical (unpaired) electrons. The van der Waals surface area contributed by atoms with Gasteiger partial charge in [0, 0.05) is 24.1 Å². The van der Waals surface area contributed by atoms with Crippen molar-refractivity contribution in [2.45, 2.75) is 19.9 Å². The van der Waals surface area contributed by atoms with Gasteiger partial charge in [0.2, 0.25) is 0 Å². The van der Waals surface area contributed by atoms with Crippen molar-refractivity contribution in [3.8, 4) is 0 Å². The summed E-state index contributed by atoms with van der Waals surface area (Å²) in [5.41, 5.74) is 2.70. The van der Waals surface area contributed by atoms with E-state index in [4.69, 9.17) is 0 Å². The number of hydrogen-bond donors (Lipinski definition) is 1. The average molecular weight is 235 g/mol. The maximum atomic E-state index is 3.71. The zero-order valence-electron chi connectivity index (χ0n) is 10.2. The van der Waals surface area contributed by atoms with Crippen LogP contribution in [0, 0.1) is 6.92 Å². The van der Waals surface area contributed by atoms with E-state index in [1.54, 1.807) is 0 Å². The minimum absolute atomic E-state index is 0.434. The summed E-state index contributed by atoms with van der Waals surface area (Å²) in [4.78, 5) is 0. The lowest BCUT2D eigenvalue weighted by Crippen LogP contribution is -2.21. The number of benzene rings is 1. The van der Waals surface area contributed by atoms with Crippen LogP contribution in [0.5, 0.6) is 0 Å². The molecule has 1 rings (SSSR count). The van der Waals surface area contributed by atoms with E-state index in [0.717, 1.165) is 18.1 Å². The number of nitrogens with one attached hydrogen (secondary N) is 1. The highest BCUT2D eigenvalue weighted by molar-refractivity contribution is 7.99. The first kappa shape index (κ1) is 13.3. The standard InChI is InChI=1S/C14H21NS/c1-4-9-16-10-8-15-13(3)14-7-5-6-12(2)11-14/h4-7,11,13,15H,1,8-10H2,2-3H3. The molecule has 1 atom stereocenters. The van der Waals surface area contributed by atoms with Gasteiger partial charge in [-0.3, -0.25) is 0 Å². The van der Waals surface area contributed by atoms with Gasteiger partial charge in [0.15, 0.2) is 0 Å². The molecule has 0 spiro atoms. The molecule has 1 N–H and O–H groups in total. The first-order valence-electron chi connectivity index (χ1n) is 5.72. The van der Waals surface area contributed by atoms with Crippen LogP contribution in [0.3, 0.4) is 0 Å². The van der Waals surface area contributed by atoms with Crippen molar-refractivity contribution >= 4 is 11.8 Å². The van der Waals surface area contributed by atoms with Crippen LogP contribution in [0.15, 0.2) is 36.9 Å². The summed E-state index contributed by atoms with van der Waals surface area (Å²) >= 11 is 1.91. The first-order valence-corrected chi connectivity index (χ1v) is 6.88. The number of hydrogen-bond acceptors (Lipinski definition) is 2. The molecule has 0 aliphatic heterocycles. The van der Waals surface area contributed by atoms with Crippen LogP contribution < -0.4 is 5.32 Å². The number of rotatable bonds is 7. The predicted molar refractivity (Wildman–Crippen MR) is 75.1 cm³/mol. The van der Waals surface area contributed by atoms with E-state index < -0.39 is 0 Å². The minimum Gasteiger partial charge on any atom is -0.309 e. The Morgan fingerprint density at radius 3 is 3.00 bits per heavy atom. The van der Waals surface area contributed by atoms with Gasteiger partial charge in [-0.2, -0.15) is 11.8 Å². The molecular formula is C14H21NS. The Kier molecular flexibility index (Phi) is 6.27. The molecule has 1 aromatic rings. The summed E-state index contributed by atoms with van der Waals surface area (Å²) < 4.78 is 0. The smallest absolute Gasteiger partial charge is 0.0292 e. The van der Waals surface area contributed by atoms with Crippen molar-refractivity contribution in [2.24, 2.45) is 0 Å². The van der Waals surface area contributed by atoms with Crippen LogP contribution >= 0.6 is 11.8 Å². The lowest BCUT2D eigenvalue weighted by atomic mass is 10.1. The van der Waals surface area contributed by atoms with Gasteiger partial charge in [0.05, 0.1) is 0 Å². The van der Waals surface area contributed by atoms with Gasteiger partial charge >= 0.3 is 0 Å². The van der Waals surface area contributed by atoms with Crippen molar-refractivity contribution in [1.29, 1.82) is 0 Å². The Morgan fingerprint density at radius 2 is 2.31 bits per heavy atom. The van der Waals surface area contributed by atoms with Crippen molar-refractivity contribution < 1.29 is 0 Å². The van der Waals surface area contributed by atoms with E-state index >= 15 is 0 Å². The maximum absolute atomic E-state index is 3.71. The van der Waals surface area contributed by atoms with Gasteiger partial charge < -0.3 is 5.32 Å². The monoisotopic (exact) mass is 235 g/mol. The maximum Gasteiger partial charge on any atom is 0.0292 e. The molecule has 0 amide bonds. The van der Waals surface area contributed by atoms with Gasteiger partial charge in [0.1, 0.15) is 0 Å². The van der Waals surface area contributed by atoms with Crippen LogP contribution in [-0.4, -0.2) is 18.1 Å².